The van der Waals surface area contributed by atoms with E-state index in [1.54, 1.807) is 0 Å². The molecule has 0 N–H and O–H groups in total. The van der Waals surface area contributed by atoms with Gasteiger partial charge in [0.2, 0.25) is 6.33 Å². The fraction of sp³-hybridized carbons (Fsp3) is 0.500. The normalized spacial score (nSPS) is 12.6. The smallest absolute Gasteiger partial charge is 0.245 e. The molecule has 0 aliphatic carbocycles. The van der Waals surface area contributed by atoms with E-state index in [0.29, 0.717) is 19.5 Å². The molecule has 2 aromatic rings. The Morgan fingerprint density at radius 3 is 2.33 bits per heavy atom. The summed E-state index contributed by atoms with van der Waals surface area (Å²) < 4.78 is 4.30. The van der Waals surface area contributed by atoms with Crippen LogP contribution in [0.4, 0.5) is 0 Å². The van der Waals surface area contributed by atoms with Crippen molar-refractivity contribution in [1.82, 2.24) is 4.57 Å². The summed E-state index contributed by atoms with van der Waals surface area (Å²) in [6.07, 6.45) is 4.36. The van der Waals surface area contributed by atoms with Crippen molar-refractivity contribution in [3.63, 3.8) is 0 Å². The van der Waals surface area contributed by atoms with Gasteiger partial charge in [0.05, 0.1) is 12.5 Å². The zero-order valence-electron chi connectivity index (χ0n) is 17.2. The molecule has 0 fully saturated rings. The maximum absolute atomic E-state index is 12.6. The van der Waals surface area contributed by atoms with Crippen LogP contribution in [0.5, 0.6) is 0 Å². The minimum absolute atomic E-state index is 0. The minimum atomic E-state index is -0.387. The fourth-order valence-corrected chi connectivity index (χ4v) is 2.77. The summed E-state index contributed by atoms with van der Waals surface area (Å²) in [7, 11) is 0. The molecule has 0 spiro atoms. The topological polar surface area (TPSA) is 49.7 Å². The van der Waals surface area contributed by atoms with E-state index in [0.717, 1.165) is 16.6 Å². The van der Waals surface area contributed by atoms with Crippen LogP contribution in [-0.4, -0.2) is 10.4 Å². The second kappa shape index (κ2) is 8.84. The third kappa shape index (κ3) is 5.77. The maximum Gasteiger partial charge on any atom is 0.245 e. The van der Waals surface area contributed by atoms with Crippen LogP contribution in [0.3, 0.4) is 0 Å². The van der Waals surface area contributed by atoms with Crippen LogP contribution in [-0.2, 0) is 17.9 Å². The minimum Gasteiger partial charge on any atom is -1.00 e. The standard InChI is InChI=1S/C22H30N3O.BrH/c1-21(2,3)17(14-20(26)22(4,5)6)15-25-16-24(13-9-12-23)18-10-7-8-11-19(18)25;/h7-8,10-11,14,16H,9,13,15H2,1-6H3;1H/q+1;/p-1/b17-14+;. The number of nitrogens with zero attached hydrogens (tertiary/aromatic N) is 3. The Hall–Kier alpha value is -1.93. The average molecular weight is 432 g/mol. The number of hydrogen-bond acceptors (Lipinski definition) is 2. The Labute approximate surface area is 173 Å². The van der Waals surface area contributed by atoms with Crippen LogP contribution < -0.4 is 21.5 Å². The van der Waals surface area contributed by atoms with Crippen molar-refractivity contribution >= 4 is 16.8 Å². The molecule has 0 atom stereocenters. The van der Waals surface area contributed by atoms with Gasteiger partial charge in [-0.3, -0.25) is 4.79 Å². The van der Waals surface area contributed by atoms with Crippen LogP contribution >= 0.6 is 0 Å². The summed E-state index contributed by atoms with van der Waals surface area (Å²) in [6, 6.07) is 10.4. The van der Waals surface area contributed by atoms with E-state index in [-0.39, 0.29) is 33.6 Å². The highest BCUT2D eigenvalue weighted by Crippen LogP contribution is 2.28. The lowest BCUT2D eigenvalue weighted by Gasteiger charge is -2.23. The molecule has 0 radical (unpaired) electrons. The summed E-state index contributed by atoms with van der Waals surface area (Å²) in [5, 5.41) is 8.92. The van der Waals surface area contributed by atoms with Gasteiger partial charge in [-0.1, -0.05) is 53.7 Å². The average Bonchev–Trinajstić information content (AvgIpc) is 2.88. The molecule has 27 heavy (non-hydrogen) atoms. The summed E-state index contributed by atoms with van der Waals surface area (Å²) in [5.74, 6) is 0.149. The number of aromatic nitrogens is 2. The molecule has 0 aliphatic heterocycles. The first kappa shape index (κ1) is 23.1. The molecular weight excluding hydrogens is 402 g/mol. The van der Waals surface area contributed by atoms with Gasteiger partial charge in [-0.2, -0.15) is 5.26 Å². The molecule has 1 heterocycles. The maximum atomic E-state index is 12.6. The van der Waals surface area contributed by atoms with Crippen molar-refractivity contribution in [2.45, 2.75) is 61.1 Å². The summed E-state index contributed by atoms with van der Waals surface area (Å²) in [5.41, 5.74) is 2.83. The number of halogens is 1. The van der Waals surface area contributed by atoms with Crippen LogP contribution in [0.25, 0.3) is 11.0 Å². The highest BCUT2D eigenvalue weighted by molar-refractivity contribution is 5.94. The molecule has 0 unspecified atom stereocenters. The quantitative estimate of drug-likeness (QED) is 0.530. The Bertz CT molecular complexity index is 874. The Morgan fingerprint density at radius 1 is 1.15 bits per heavy atom. The van der Waals surface area contributed by atoms with Crippen LogP contribution in [0.15, 0.2) is 42.2 Å². The number of para-hydroxylation sites is 2. The third-order valence-electron chi connectivity index (χ3n) is 4.59. The van der Waals surface area contributed by atoms with Crippen molar-refractivity contribution in [2.75, 3.05) is 0 Å². The number of benzene rings is 1. The van der Waals surface area contributed by atoms with Crippen molar-refractivity contribution in [3.8, 4) is 6.07 Å². The second-order valence-electron chi connectivity index (χ2n) is 8.87. The lowest BCUT2D eigenvalue weighted by Crippen LogP contribution is -3.00. The zero-order valence-corrected chi connectivity index (χ0v) is 18.8. The van der Waals surface area contributed by atoms with E-state index in [4.69, 9.17) is 5.26 Å². The predicted octanol–water partition coefficient (Wildman–Crippen LogP) is 1.43. The van der Waals surface area contributed by atoms with E-state index >= 15 is 0 Å². The van der Waals surface area contributed by atoms with Gasteiger partial charge in [0, 0.05) is 5.41 Å². The monoisotopic (exact) mass is 431 g/mol. The molecule has 0 saturated heterocycles. The summed E-state index contributed by atoms with van der Waals surface area (Å²) in [6.45, 7) is 13.6. The number of imidazole rings is 1. The summed E-state index contributed by atoms with van der Waals surface area (Å²) in [4.78, 5) is 12.6. The highest BCUT2D eigenvalue weighted by atomic mass is 79.9. The van der Waals surface area contributed by atoms with Gasteiger partial charge in [-0.25, -0.2) is 9.13 Å². The van der Waals surface area contributed by atoms with Gasteiger partial charge < -0.3 is 17.0 Å². The first-order valence-electron chi connectivity index (χ1n) is 9.14. The van der Waals surface area contributed by atoms with E-state index in [2.05, 4.69) is 54.4 Å². The Balaban J connectivity index is 0.00000364. The largest absolute Gasteiger partial charge is 1.00 e. The number of carbonyl (C=O) groups is 1. The molecule has 1 aromatic carbocycles. The first-order valence-corrected chi connectivity index (χ1v) is 9.14. The number of nitriles is 1. The fourth-order valence-electron chi connectivity index (χ4n) is 2.77. The molecule has 1 aromatic heterocycles. The number of allylic oxidation sites excluding steroid dienone is 2. The van der Waals surface area contributed by atoms with Gasteiger partial charge >= 0.3 is 0 Å². The third-order valence-corrected chi connectivity index (χ3v) is 4.59. The number of fused-ring (bicyclic) bond motifs is 1. The Kier molecular flexibility index (Phi) is 7.57. The van der Waals surface area contributed by atoms with Gasteiger partial charge in [-0.05, 0) is 29.2 Å². The molecule has 0 aliphatic rings. The van der Waals surface area contributed by atoms with E-state index < -0.39 is 0 Å². The lowest BCUT2D eigenvalue weighted by molar-refractivity contribution is -0.665. The van der Waals surface area contributed by atoms with Gasteiger partial charge in [-0.15, -0.1) is 0 Å². The second-order valence-corrected chi connectivity index (χ2v) is 8.87. The first-order chi connectivity index (χ1) is 12.0. The number of aryl methyl sites for hydroxylation is 1. The molecule has 4 nitrogen and oxygen atoms in total. The molecule has 5 heteroatoms. The number of ketones is 1. The predicted molar refractivity (Wildman–Crippen MR) is 104 cm³/mol. The molecule has 146 valence electrons. The van der Waals surface area contributed by atoms with Gasteiger partial charge in [0.25, 0.3) is 0 Å². The van der Waals surface area contributed by atoms with Gasteiger partial charge in [0.1, 0.15) is 13.1 Å². The van der Waals surface area contributed by atoms with E-state index in [1.807, 2.05) is 39.0 Å². The SMILES string of the molecule is CC(C)(C)C(=O)/C=C(\C[n+]1cn(CCC#N)c2ccccc21)C(C)(C)C.[Br-]. The molecule has 0 amide bonds. The van der Waals surface area contributed by atoms with E-state index in [9.17, 15) is 4.79 Å². The lowest BCUT2D eigenvalue weighted by atomic mass is 9.82. The van der Waals surface area contributed by atoms with Crippen molar-refractivity contribution in [2.24, 2.45) is 10.8 Å². The number of carbonyl (C=O) groups excluding carboxylic acids is 1. The van der Waals surface area contributed by atoms with Gasteiger partial charge in [0.15, 0.2) is 16.8 Å². The van der Waals surface area contributed by atoms with E-state index in [1.165, 1.54) is 0 Å². The summed E-state index contributed by atoms with van der Waals surface area (Å²) >= 11 is 0. The van der Waals surface area contributed by atoms with Crippen molar-refractivity contribution in [3.05, 3.63) is 42.2 Å². The van der Waals surface area contributed by atoms with Crippen LogP contribution in [0.2, 0.25) is 0 Å². The van der Waals surface area contributed by atoms with Crippen molar-refractivity contribution in [1.29, 1.82) is 5.26 Å². The number of rotatable bonds is 5. The molecule has 2 rings (SSSR count). The zero-order chi connectivity index (χ0) is 19.5. The molecule has 0 saturated carbocycles. The molecular formula is C22H30BrN3O. The molecule has 0 bridgehead atoms. The highest BCUT2D eigenvalue weighted by Gasteiger charge is 2.26. The van der Waals surface area contributed by atoms with Crippen LogP contribution in [0.1, 0.15) is 48.0 Å². The van der Waals surface area contributed by atoms with Crippen LogP contribution in [0, 0.1) is 22.2 Å². The Morgan fingerprint density at radius 2 is 1.78 bits per heavy atom. The number of hydrogen-bond donors (Lipinski definition) is 0. The van der Waals surface area contributed by atoms with Crippen molar-refractivity contribution < 1.29 is 26.3 Å².